The summed E-state index contributed by atoms with van der Waals surface area (Å²) in [6.45, 7) is 6.30. The Hall–Kier alpha value is -8.57. The number of thiophene rings is 1. The summed E-state index contributed by atoms with van der Waals surface area (Å²) in [7, 11) is 1.98. The molecule has 424 valence electrons. The van der Waals surface area contributed by atoms with Gasteiger partial charge in [0.1, 0.15) is 60.4 Å². The molecule has 2 fully saturated rings. The Balaban J connectivity index is 0.764. The van der Waals surface area contributed by atoms with Crippen molar-refractivity contribution >= 4 is 95.3 Å². The molecule has 4 aliphatic heterocycles. The number of nitrogen functional groups attached to an aromatic ring is 2. The minimum atomic E-state index is -2.15. The van der Waals surface area contributed by atoms with E-state index >= 15 is 8.78 Å². The predicted molar refractivity (Wildman–Crippen MR) is 296 cm³/mol. The van der Waals surface area contributed by atoms with Gasteiger partial charge in [0.05, 0.1) is 56.6 Å². The molecule has 4 aromatic heterocycles. The van der Waals surface area contributed by atoms with Gasteiger partial charge in [-0.1, -0.05) is 31.2 Å². The van der Waals surface area contributed by atoms with Gasteiger partial charge in [0, 0.05) is 76.2 Å². The van der Waals surface area contributed by atoms with Crippen LogP contribution >= 0.6 is 22.9 Å². The number of halogens is 4. The zero-order valence-electron chi connectivity index (χ0n) is 44.3. The average Bonchev–Trinajstić information content (AvgIpc) is 2.95. The Morgan fingerprint density at radius 3 is 2.57 bits per heavy atom. The average molecular weight is 1160 g/mol. The number of hydrogen-bond acceptors (Lipinski definition) is 19. The van der Waals surface area contributed by atoms with Gasteiger partial charge >= 0.3 is 24.0 Å². The highest BCUT2D eigenvalue weighted by Crippen LogP contribution is 2.47. The Morgan fingerprint density at radius 2 is 1.85 bits per heavy atom. The number of cyclic esters (lactones) is 1. The van der Waals surface area contributed by atoms with Crippen molar-refractivity contribution in [3.05, 3.63) is 109 Å². The number of nitrogens with two attached hydrogens (primary N) is 2. The van der Waals surface area contributed by atoms with Gasteiger partial charge in [-0.2, -0.15) is 15.2 Å². The Labute approximate surface area is 473 Å². The fraction of sp³-hybridized carbons (Fsp3) is 0.339. The number of fused-ring (bicyclic) bond motifs is 7. The van der Waals surface area contributed by atoms with Crippen LogP contribution in [0.2, 0.25) is 5.02 Å². The number of aromatic nitrogens is 4. The molecule has 0 bridgehead atoms. The molecule has 11 rings (SSSR count). The van der Waals surface area contributed by atoms with Crippen LogP contribution in [-0.4, -0.2) is 123 Å². The van der Waals surface area contributed by atoms with Crippen LogP contribution in [0.15, 0.2) is 53.3 Å². The minimum absolute atomic E-state index is 0.0168. The lowest BCUT2D eigenvalue weighted by molar-refractivity contribution is -0.188. The Kier molecular flexibility index (Phi) is 14.4. The Bertz CT molecular complexity index is 4040. The number of aliphatic hydroxyl groups is 1. The third-order valence-corrected chi connectivity index (χ3v) is 17.0. The highest BCUT2D eigenvalue weighted by molar-refractivity contribution is 7.23. The maximum atomic E-state index is 17.3. The summed E-state index contributed by atoms with van der Waals surface area (Å²) < 4.78 is 71.1. The molecule has 8 heterocycles. The lowest BCUT2D eigenvalue weighted by atomic mass is 9.85. The highest BCUT2D eigenvalue weighted by atomic mass is 35.5. The zero-order chi connectivity index (χ0) is 58.2. The van der Waals surface area contributed by atoms with E-state index in [0.717, 1.165) is 42.9 Å². The molecule has 6 N–H and O–H groups in total. The third kappa shape index (κ3) is 9.28. The number of benzene rings is 3. The number of piperazine rings is 1. The number of ether oxygens (including phenoxy) is 4. The van der Waals surface area contributed by atoms with Crippen LogP contribution in [0.3, 0.4) is 0 Å². The summed E-state index contributed by atoms with van der Waals surface area (Å²) in [5, 5.41) is 23.4. The van der Waals surface area contributed by atoms with Crippen molar-refractivity contribution in [2.45, 2.75) is 70.6 Å². The van der Waals surface area contributed by atoms with Crippen molar-refractivity contribution in [2.75, 3.05) is 69.4 Å². The molecular weight excluding hydrogens is 1110 g/mol. The number of amides is 2. The number of nitrogens with one attached hydrogen (secondary N) is 1. The first-order valence-corrected chi connectivity index (χ1v) is 27.2. The molecule has 0 spiro atoms. The lowest BCUT2D eigenvalue weighted by Gasteiger charge is -2.41. The van der Waals surface area contributed by atoms with Crippen molar-refractivity contribution in [2.24, 2.45) is 0 Å². The van der Waals surface area contributed by atoms with Gasteiger partial charge in [-0.25, -0.2) is 27.7 Å². The van der Waals surface area contributed by atoms with E-state index in [1.807, 2.05) is 24.9 Å². The van der Waals surface area contributed by atoms with E-state index in [4.69, 9.17) is 47.0 Å². The number of nitriles is 1. The SMILES string of the molecule is C=C(COC(=O)NCC(=O)O[C@]1(CC)C(=O)OCc2c1cc1n(c2=O)Cc2c-1nc1cc(F)c(N)cc1c2CO)C(=O)N1CCN(c2nc(OC[C@@H]3CCCN3C)nc3c(F)c(-c4ccc(F)c5sc(N)c(C#N)c45)c(Cl)cc23)[C@@H](C)C1. The molecule has 4 aliphatic rings. The number of likely N-dealkylation sites (tertiary alicyclic amines) is 1. The standard InChI is InChI=1S/C56H51ClF3N11O10S/c1-5-56(35-15-41-46-32(20-71(41)52(75)34(35)24-78-53(56)76)33(21-72)29-14-39(62)38(59)16-40(29)65-46)81-42(73)18-64-55(77)80-22-25(2)51(74)69-11-12-70(26(3)19-69)50-30-13-36(57)44(28-8-9-37(58)48-43(28)31(17-61)49(63)82-48)45(60)47(30)66-54(67-50)79-23-27-7-6-10-68(27)4/h8-9,13-16,26-27,72H,2,5-7,10-12,18-24,62-63H2,1,3-4H3,(H,64,77)/t26-,27-,56-/m0/s1. The number of carbonyl (C=O) groups excluding carboxylic acids is 4. The topological polar surface area (TPSA) is 284 Å². The number of carbonyl (C=O) groups is 4. The highest BCUT2D eigenvalue weighted by Gasteiger charge is 2.51. The molecular formula is C56H51ClF3N11O10S. The van der Waals surface area contributed by atoms with Gasteiger partial charge < -0.3 is 60.1 Å². The van der Waals surface area contributed by atoms with Crippen LogP contribution < -0.4 is 32.0 Å². The molecule has 26 heteroatoms. The summed E-state index contributed by atoms with van der Waals surface area (Å²) in [5.41, 5.74) is 10.3. The second kappa shape index (κ2) is 21.4. The van der Waals surface area contributed by atoms with E-state index in [0.29, 0.717) is 16.5 Å². The monoisotopic (exact) mass is 1160 g/mol. The minimum Gasteiger partial charge on any atom is -0.462 e. The van der Waals surface area contributed by atoms with Crippen LogP contribution in [0.4, 0.5) is 34.5 Å². The molecule has 2 saturated heterocycles. The normalized spacial score (nSPS) is 18.5. The summed E-state index contributed by atoms with van der Waals surface area (Å²) in [6.07, 6.45) is 0.499. The van der Waals surface area contributed by atoms with Crippen molar-refractivity contribution in [3.8, 4) is 34.6 Å². The Morgan fingerprint density at radius 1 is 1.06 bits per heavy atom. The molecule has 0 aliphatic carbocycles. The van der Waals surface area contributed by atoms with Gasteiger partial charge in [0.15, 0.2) is 5.82 Å². The van der Waals surface area contributed by atoms with Crippen LogP contribution in [-0.2, 0) is 54.0 Å². The molecule has 3 atom stereocenters. The van der Waals surface area contributed by atoms with Gasteiger partial charge in [0.2, 0.25) is 5.60 Å². The van der Waals surface area contributed by atoms with Crippen LogP contribution in [0, 0.1) is 28.8 Å². The van der Waals surface area contributed by atoms with Gasteiger partial charge in [-0.3, -0.25) is 14.4 Å². The van der Waals surface area contributed by atoms with E-state index in [2.05, 4.69) is 26.8 Å². The van der Waals surface area contributed by atoms with Crippen LogP contribution in [0.1, 0.15) is 60.9 Å². The number of rotatable bonds is 13. The van der Waals surface area contributed by atoms with Crippen LogP contribution in [0.5, 0.6) is 6.01 Å². The van der Waals surface area contributed by atoms with E-state index in [1.165, 1.54) is 40.7 Å². The fourth-order valence-corrected chi connectivity index (χ4v) is 12.7. The van der Waals surface area contributed by atoms with Gasteiger partial charge in [-0.05, 0) is 75.2 Å². The first-order valence-electron chi connectivity index (χ1n) is 26.0. The van der Waals surface area contributed by atoms with E-state index in [9.17, 15) is 38.7 Å². The summed E-state index contributed by atoms with van der Waals surface area (Å²) in [6, 6.07) is 9.42. The number of nitrogens with zero attached hydrogens (tertiary/aromatic N) is 8. The first-order chi connectivity index (χ1) is 39.3. The number of aliphatic hydroxyl groups excluding tert-OH is 1. The van der Waals surface area contributed by atoms with Crippen molar-refractivity contribution in [1.29, 1.82) is 5.26 Å². The molecule has 0 saturated carbocycles. The van der Waals surface area contributed by atoms with E-state index < -0.39 is 85.0 Å². The molecule has 2 amide bonds. The van der Waals surface area contributed by atoms with Crippen LogP contribution in [0.25, 0.3) is 54.4 Å². The van der Waals surface area contributed by atoms with Crippen molar-refractivity contribution in [1.82, 2.24) is 34.6 Å². The summed E-state index contributed by atoms with van der Waals surface area (Å²) in [4.78, 5) is 87.5. The molecule has 21 nitrogen and oxygen atoms in total. The number of likely N-dealkylation sites (N-methyl/N-ethyl adjacent to an activating group) is 1. The van der Waals surface area contributed by atoms with Crippen molar-refractivity contribution in [3.63, 3.8) is 0 Å². The van der Waals surface area contributed by atoms with E-state index in [-0.39, 0.29) is 144 Å². The van der Waals surface area contributed by atoms with E-state index in [1.54, 1.807) is 0 Å². The number of esters is 2. The molecule has 3 aromatic carbocycles. The number of anilines is 3. The fourth-order valence-electron chi connectivity index (χ4n) is 11.4. The summed E-state index contributed by atoms with van der Waals surface area (Å²) in [5.74, 6) is -4.62. The quantitative estimate of drug-likeness (QED) is 0.0412. The zero-order valence-corrected chi connectivity index (χ0v) is 45.9. The maximum absolute atomic E-state index is 17.3. The summed E-state index contributed by atoms with van der Waals surface area (Å²) >= 11 is 7.80. The van der Waals surface area contributed by atoms with Gasteiger partial charge in [-0.15, -0.1) is 11.3 Å². The smallest absolute Gasteiger partial charge is 0.407 e. The number of hydrogen-bond donors (Lipinski definition) is 4. The second-order valence-electron chi connectivity index (χ2n) is 20.5. The molecule has 0 radical (unpaired) electrons. The lowest BCUT2D eigenvalue weighted by Crippen LogP contribution is -2.54. The third-order valence-electron chi connectivity index (χ3n) is 15.7. The number of alkyl carbamates (subject to hydrolysis) is 1. The van der Waals surface area contributed by atoms with Gasteiger partial charge in [0.25, 0.3) is 11.5 Å². The maximum Gasteiger partial charge on any atom is 0.407 e. The molecule has 7 aromatic rings. The van der Waals surface area contributed by atoms with Crippen molar-refractivity contribution < 1.29 is 56.4 Å². The molecule has 0 unspecified atom stereocenters. The largest absolute Gasteiger partial charge is 0.462 e. The molecule has 82 heavy (non-hydrogen) atoms. The second-order valence-corrected chi connectivity index (χ2v) is 21.9. The first kappa shape index (κ1) is 55.3. The predicted octanol–water partition coefficient (Wildman–Crippen LogP) is 6.55. The number of pyridine rings is 2.